The van der Waals surface area contributed by atoms with E-state index >= 15 is 0 Å². The van der Waals surface area contributed by atoms with Crippen molar-refractivity contribution in [2.24, 2.45) is 5.92 Å². The first-order chi connectivity index (χ1) is 12.3. The fraction of sp³-hybridized carbons (Fsp3) is 0.632. The van der Waals surface area contributed by atoms with Gasteiger partial charge in [-0.3, -0.25) is 4.79 Å². The van der Waals surface area contributed by atoms with E-state index < -0.39 is 5.92 Å². The largest absolute Gasteiger partial charge is 0.397 e. The molecule has 0 unspecified atom stereocenters. The second-order valence-electron chi connectivity index (χ2n) is 7.77. The van der Waals surface area contributed by atoms with Crippen molar-refractivity contribution in [3.05, 3.63) is 17.7 Å². The minimum absolute atomic E-state index is 0.157. The summed E-state index contributed by atoms with van der Waals surface area (Å²) >= 11 is 0. The molecule has 0 aliphatic heterocycles. The third-order valence-electron chi connectivity index (χ3n) is 5.50. The van der Waals surface area contributed by atoms with Crippen LogP contribution in [0.3, 0.4) is 0 Å². The summed E-state index contributed by atoms with van der Waals surface area (Å²) in [5.74, 6) is -2.11. The molecule has 0 spiro atoms. The molecule has 5 nitrogen and oxygen atoms in total. The standard InChI is InChI=1S/C19H28F2N4O/c1-11-3-5-12(6-4-11)25-18(26)14-7-15(22)17(23-2)8-16(14)24-13-9-19(20,21)10-13/h7-8,11-13,23-24H,3-6,9-10,22H2,1-2H3,(H,25,26). The van der Waals surface area contributed by atoms with Gasteiger partial charge in [-0.1, -0.05) is 6.92 Å². The Morgan fingerprint density at radius 1 is 1.12 bits per heavy atom. The van der Waals surface area contributed by atoms with Crippen molar-refractivity contribution >= 4 is 23.0 Å². The van der Waals surface area contributed by atoms with Crippen LogP contribution < -0.4 is 21.7 Å². The molecule has 0 heterocycles. The summed E-state index contributed by atoms with van der Waals surface area (Å²) in [5.41, 5.74) is 8.11. The van der Waals surface area contributed by atoms with Gasteiger partial charge in [-0.15, -0.1) is 0 Å². The zero-order valence-corrected chi connectivity index (χ0v) is 15.4. The van der Waals surface area contributed by atoms with Gasteiger partial charge in [0.25, 0.3) is 11.8 Å². The van der Waals surface area contributed by atoms with E-state index in [1.165, 1.54) is 0 Å². The Morgan fingerprint density at radius 3 is 2.35 bits per heavy atom. The second kappa shape index (κ2) is 7.29. The lowest BCUT2D eigenvalue weighted by molar-refractivity contribution is -0.0793. The van der Waals surface area contributed by atoms with Gasteiger partial charge in [0.15, 0.2) is 0 Å². The average molecular weight is 366 g/mol. The quantitative estimate of drug-likeness (QED) is 0.597. The zero-order chi connectivity index (χ0) is 18.9. The molecular formula is C19H28F2N4O. The molecule has 0 saturated heterocycles. The fourth-order valence-corrected chi connectivity index (χ4v) is 3.79. The van der Waals surface area contributed by atoms with Gasteiger partial charge in [0.05, 0.1) is 16.9 Å². The van der Waals surface area contributed by atoms with Gasteiger partial charge < -0.3 is 21.7 Å². The van der Waals surface area contributed by atoms with Gasteiger partial charge in [-0.2, -0.15) is 0 Å². The molecule has 1 aromatic rings. The Hall–Kier alpha value is -2.05. The van der Waals surface area contributed by atoms with E-state index in [0.29, 0.717) is 28.5 Å². The number of halogens is 2. The molecule has 5 N–H and O–H groups in total. The first kappa shape index (κ1) is 18.7. The van der Waals surface area contributed by atoms with E-state index in [1.807, 2.05) is 0 Å². The molecule has 3 rings (SSSR count). The molecule has 2 saturated carbocycles. The first-order valence-electron chi connectivity index (χ1n) is 9.34. The number of hydrogen-bond donors (Lipinski definition) is 4. The summed E-state index contributed by atoms with van der Waals surface area (Å²) in [4.78, 5) is 12.8. The van der Waals surface area contributed by atoms with Gasteiger partial charge in [0.2, 0.25) is 0 Å². The highest BCUT2D eigenvalue weighted by atomic mass is 19.3. The Kier molecular flexibility index (Phi) is 5.25. The van der Waals surface area contributed by atoms with Gasteiger partial charge in [-0.05, 0) is 43.7 Å². The monoisotopic (exact) mass is 366 g/mol. The minimum Gasteiger partial charge on any atom is -0.397 e. The Morgan fingerprint density at radius 2 is 1.77 bits per heavy atom. The number of benzene rings is 1. The number of amides is 1. The van der Waals surface area contributed by atoms with Crippen LogP contribution in [0.5, 0.6) is 0 Å². The molecule has 2 aliphatic carbocycles. The first-order valence-corrected chi connectivity index (χ1v) is 9.34. The predicted molar refractivity (Wildman–Crippen MR) is 101 cm³/mol. The third kappa shape index (κ3) is 4.19. The van der Waals surface area contributed by atoms with Crippen LogP contribution in [0.2, 0.25) is 0 Å². The highest BCUT2D eigenvalue weighted by Gasteiger charge is 2.45. The van der Waals surface area contributed by atoms with Crippen molar-refractivity contribution in [1.29, 1.82) is 0 Å². The molecule has 7 heteroatoms. The molecular weight excluding hydrogens is 338 g/mol. The van der Waals surface area contributed by atoms with Crippen LogP contribution in [0.1, 0.15) is 55.8 Å². The number of nitrogen functional groups attached to an aromatic ring is 1. The number of nitrogens with two attached hydrogens (primary N) is 1. The SMILES string of the molecule is CNc1cc(NC2CC(F)(F)C2)c(C(=O)NC2CCC(C)CC2)cc1N. The summed E-state index contributed by atoms with van der Waals surface area (Å²) < 4.78 is 26.3. The van der Waals surface area contributed by atoms with Crippen molar-refractivity contribution in [1.82, 2.24) is 5.32 Å². The van der Waals surface area contributed by atoms with Gasteiger partial charge in [0, 0.05) is 37.7 Å². The van der Waals surface area contributed by atoms with Gasteiger partial charge >= 0.3 is 0 Å². The van der Waals surface area contributed by atoms with Crippen LogP contribution in [0.15, 0.2) is 12.1 Å². The number of nitrogens with one attached hydrogen (secondary N) is 3. The van der Waals surface area contributed by atoms with Crippen LogP contribution in [0.25, 0.3) is 0 Å². The number of rotatable bonds is 5. The molecule has 26 heavy (non-hydrogen) atoms. The van der Waals surface area contributed by atoms with E-state index in [1.54, 1.807) is 19.2 Å². The molecule has 144 valence electrons. The zero-order valence-electron chi connectivity index (χ0n) is 15.4. The summed E-state index contributed by atoms with van der Waals surface area (Å²) in [6.45, 7) is 2.23. The van der Waals surface area contributed by atoms with Crippen molar-refractivity contribution in [3.8, 4) is 0 Å². The van der Waals surface area contributed by atoms with Crippen molar-refractivity contribution in [2.45, 2.75) is 63.5 Å². The van der Waals surface area contributed by atoms with E-state index in [-0.39, 0.29) is 30.8 Å². The summed E-state index contributed by atoms with van der Waals surface area (Å²) in [7, 11) is 1.73. The highest BCUT2D eigenvalue weighted by Crippen LogP contribution is 2.40. The highest BCUT2D eigenvalue weighted by molar-refractivity contribution is 6.02. The van der Waals surface area contributed by atoms with Gasteiger partial charge in [-0.25, -0.2) is 8.78 Å². The summed E-state index contributed by atoms with van der Waals surface area (Å²) in [5, 5.41) is 9.15. The molecule has 0 aromatic heterocycles. The average Bonchev–Trinajstić information content (AvgIpc) is 2.56. The van der Waals surface area contributed by atoms with Crippen LogP contribution in [-0.2, 0) is 0 Å². The molecule has 2 aliphatic rings. The van der Waals surface area contributed by atoms with Crippen molar-refractivity contribution in [2.75, 3.05) is 23.4 Å². The smallest absolute Gasteiger partial charge is 0.253 e. The third-order valence-corrected chi connectivity index (χ3v) is 5.50. The number of carbonyl (C=O) groups is 1. The van der Waals surface area contributed by atoms with Crippen LogP contribution in [0.4, 0.5) is 25.8 Å². The maximum absolute atomic E-state index is 13.1. The Balaban J connectivity index is 1.75. The van der Waals surface area contributed by atoms with Crippen LogP contribution in [0, 0.1) is 5.92 Å². The second-order valence-corrected chi connectivity index (χ2v) is 7.77. The Bertz CT molecular complexity index is 664. The van der Waals surface area contributed by atoms with Crippen LogP contribution >= 0.6 is 0 Å². The molecule has 0 atom stereocenters. The number of hydrogen-bond acceptors (Lipinski definition) is 4. The van der Waals surface area contributed by atoms with Crippen molar-refractivity contribution < 1.29 is 13.6 Å². The molecule has 0 radical (unpaired) electrons. The number of carbonyl (C=O) groups excluding carboxylic acids is 1. The summed E-state index contributed by atoms with van der Waals surface area (Å²) in [6, 6.07) is 3.17. The maximum Gasteiger partial charge on any atom is 0.253 e. The van der Waals surface area contributed by atoms with E-state index in [2.05, 4.69) is 22.9 Å². The lowest BCUT2D eigenvalue weighted by atomic mass is 9.87. The lowest BCUT2D eigenvalue weighted by Crippen LogP contribution is -2.45. The molecule has 1 aromatic carbocycles. The predicted octanol–water partition coefficient (Wildman–Crippen LogP) is 3.83. The van der Waals surface area contributed by atoms with E-state index in [0.717, 1.165) is 25.7 Å². The fourth-order valence-electron chi connectivity index (χ4n) is 3.79. The lowest BCUT2D eigenvalue weighted by Gasteiger charge is -2.36. The van der Waals surface area contributed by atoms with Gasteiger partial charge in [0.1, 0.15) is 0 Å². The number of alkyl halides is 2. The maximum atomic E-state index is 13.1. The minimum atomic E-state index is -2.61. The normalized spacial score (nSPS) is 25.2. The van der Waals surface area contributed by atoms with E-state index in [4.69, 9.17) is 5.73 Å². The molecule has 2 fully saturated rings. The molecule has 1 amide bonds. The van der Waals surface area contributed by atoms with E-state index in [9.17, 15) is 13.6 Å². The van der Waals surface area contributed by atoms with Crippen LogP contribution in [-0.4, -0.2) is 31.0 Å². The molecule has 0 bridgehead atoms. The Labute approximate surface area is 153 Å². The van der Waals surface area contributed by atoms with Crippen molar-refractivity contribution in [3.63, 3.8) is 0 Å². The summed E-state index contributed by atoms with van der Waals surface area (Å²) in [6.07, 6.45) is 3.72. The number of anilines is 3. The topological polar surface area (TPSA) is 79.2 Å².